The molecule has 2 atom stereocenters. The summed E-state index contributed by atoms with van der Waals surface area (Å²) in [5, 5.41) is 3.17. The van der Waals surface area contributed by atoms with Gasteiger partial charge in [-0.25, -0.2) is 0 Å². The third kappa shape index (κ3) is 2.86. The van der Waals surface area contributed by atoms with Crippen LogP contribution in [0.1, 0.15) is 24.5 Å². The van der Waals surface area contributed by atoms with Crippen molar-refractivity contribution in [3.63, 3.8) is 0 Å². The van der Waals surface area contributed by atoms with Gasteiger partial charge in [0.05, 0.1) is 5.56 Å². The summed E-state index contributed by atoms with van der Waals surface area (Å²) in [5.74, 6) is 0. The number of halogens is 3. The van der Waals surface area contributed by atoms with Crippen molar-refractivity contribution in [2.45, 2.75) is 38.0 Å². The minimum atomic E-state index is -4.27. The van der Waals surface area contributed by atoms with E-state index in [0.29, 0.717) is 11.7 Å². The molecule has 0 radical (unpaired) electrons. The second-order valence-electron chi connectivity index (χ2n) is 5.24. The minimum absolute atomic E-state index is 0.265. The van der Waals surface area contributed by atoms with Gasteiger partial charge in [0.2, 0.25) is 0 Å². The lowest BCUT2D eigenvalue weighted by molar-refractivity contribution is -0.137. The molecule has 1 aliphatic heterocycles. The monoisotopic (exact) mass is 272 g/mol. The van der Waals surface area contributed by atoms with Gasteiger partial charge in [0.25, 0.3) is 0 Å². The van der Waals surface area contributed by atoms with Gasteiger partial charge >= 0.3 is 6.18 Å². The topological polar surface area (TPSA) is 15.3 Å². The molecule has 106 valence electrons. The predicted octanol–water partition coefficient (Wildman–Crippen LogP) is 3.06. The number of rotatable bonds is 3. The fraction of sp³-hybridized carbons (Fsp3) is 0.571. The highest BCUT2D eigenvalue weighted by molar-refractivity contribution is 5.60. The van der Waals surface area contributed by atoms with Crippen LogP contribution in [-0.4, -0.2) is 26.2 Å². The van der Waals surface area contributed by atoms with E-state index in [4.69, 9.17) is 0 Å². The van der Waals surface area contributed by atoms with Crippen molar-refractivity contribution in [1.82, 2.24) is 5.32 Å². The van der Waals surface area contributed by atoms with Crippen LogP contribution in [0.25, 0.3) is 0 Å². The van der Waals surface area contributed by atoms with E-state index in [1.807, 2.05) is 19.0 Å². The van der Waals surface area contributed by atoms with Crippen LogP contribution in [0.4, 0.5) is 18.9 Å². The number of nitrogens with one attached hydrogen (secondary N) is 1. The lowest BCUT2D eigenvalue weighted by atomic mass is 10.0. The van der Waals surface area contributed by atoms with Gasteiger partial charge in [-0.05, 0) is 44.5 Å². The number of benzene rings is 1. The molecule has 2 nitrogen and oxygen atoms in total. The number of fused-ring (bicyclic) bond motifs is 1. The Morgan fingerprint density at radius 1 is 1.42 bits per heavy atom. The van der Waals surface area contributed by atoms with E-state index >= 15 is 0 Å². The second kappa shape index (κ2) is 5.04. The van der Waals surface area contributed by atoms with Crippen molar-refractivity contribution in [2.24, 2.45) is 0 Å². The molecule has 2 unspecified atom stereocenters. The summed E-state index contributed by atoms with van der Waals surface area (Å²) in [5.41, 5.74) is 1.15. The van der Waals surface area contributed by atoms with Crippen molar-refractivity contribution >= 4 is 5.69 Å². The molecule has 0 amide bonds. The molecule has 0 bridgehead atoms. The molecule has 1 aromatic carbocycles. The molecule has 1 N–H and O–H groups in total. The number of nitrogens with zero attached hydrogens (tertiary/aromatic N) is 1. The summed E-state index contributed by atoms with van der Waals surface area (Å²) < 4.78 is 38.2. The Hall–Kier alpha value is -1.23. The first-order valence-corrected chi connectivity index (χ1v) is 6.43. The molecule has 0 saturated carbocycles. The standard InChI is InChI=1S/C14H19F3N2/c1-9(18-2)6-12-7-10-4-5-11(14(15,16)17)8-13(10)19(12)3/h4-5,8-9,12,18H,6-7H2,1-3H3. The summed E-state index contributed by atoms with van der Waals surface area (Å²) in [6.07, 6.45) is -2.54. The van der Waals surface area contributed by atoms with Crippen LogP contribution in [0.2, 0.25) is 0 Å². The third-order valence-corrected chi connectivity index (χ3v) is 3.91. The van der Waals surface area contributed by atoms with Crippen LogP contribution < -0.4 is 10.2 Å². The van der Waals surface area contributed by atoms with Crippen molar-refractivity contribution in [1.29, 1.82) is 0 Å². The van der Waals surface area contributed by atoms with E-state index in [1.165, 1.54) is 12.1 Å². The Bertz CT molecular complexity index is 456. The minimum Gasteiger partial charge on any atom is -0.371 e. The summed E-state index contributed by atoms with van der Waals surface area (Å²) in [4.78, 5) is 1.97. The van der Waals surface area contributed by atoms with Crippen LogP contribution in [0, 0.1) is 0 Å². The average Bonchev–Trinajstić information content (AvgIpc) is 2.65. The van der Waals surface area contributed by atoms with Crippen molar-refractivity contribution in [3.8, 4) is 0 Å². The molecule has 5 heteroatoms. The third-order valence-electron chi connectivity index (χ3n) is 3.91. The van der Waals surface area contributed by atoms with Gasteiger partial charge in [-0.1, -0.05) is 6.07 Å². The Balaban J connectivity index is 2.22. The molecule has 1 heterocycles. The summed E-state index contributed by atoms with van der Waals surface area (Å²) in [6.45, 7) is 2.08. The van der Waals surface area contributed by atoms with Gasteiger partial charge in [-0.15, -0.1) is 0 Å². The lowest BCUT2D eigenvalue weighted by Gasteiger charge is -2.25. The molecule has 0 saturated heterocycles. The molecule has 1 aromatic rings. The largest absolute Gasteiger partial charge is 0.416 e. The van der Waals surface area contributed by atoms with Crippen LogP contribution in [0.3, 0.4) is 0 Å². The quantitative estimate of drug-likeness (QED) is 0.909. The van der Waals surface area contributed by atoms with Crippen molar-refractivity contribution < 1.29 is 13.2 Å². The maximum absolute atomic E-state index is 12.7. The normalized spacial score (nSPS) is 20.5. The first-order valence-electron chi connectivity index (χ1n) is 6.43. The van der Waals surface area contributed by atoms with E-state index < -0.39 is 11.7 Å². The maximum atomic E-state index is 12.7. The van der Waals surface area contributed by atoms with Gasteiger partial charge in [0.1, 0.15) is 0 Å². The van der Waals surface area contributed by atoms with E-state index in [9.17, 15) is 13.2 Å². The first kappa shape index (κ1) is 14.2. The van der Waals surface area contributed by atoms with Crippen molar-refractivity contribution in [2.75, 3.05) is 19.0 Å². The molecule has 2 rings (SSSR count). The van der Waals surface area contributed by atoms with Gasteiger partial charge in [0, 0.05) is 24.8 Å². The zero-order chi connectivity index (χ0) is 14.2. The lowest BCUT2D eigenvalue weighted by Crippen LogP contribution is -2.35. The highest BCUT2D eigenvalue weighted by Gasteiger charge is 2.34. The van der Waals surface area contributed by atoms with Gasteiger partial charge in [0.15, 0.2) is 0 Å². The Morgan fingerprint density at radius 3 is 2.68 bits per heavy atom. The number of anilines is 1. The zero-order valence-corrected chi connectivity index (χ0v) is 11.4. The molecule has 0 aromatic heterocycles. The van der Waals surface area contributed by atoms with Crippen LogP contribution in [-0.2, 0) is 12.6 Å². The number of hydrogen-bond donors (Lipinski definition) is 1. The molecule has 0 aliphatic carbocycles. The Labute approximate surface area is 111 Å². The Kier molecular flexibility index (Phi) is 3.76. The molecule has 1 aliphatic rings. The van der Waals surface area contributed by atoms with Gasteiger partial charge in [-0.3, -0.25) is 0 Å². The predicted molar refractivity (Wildman–Crippen MR) is 70.5 cm³/mol. The fourth-order valence-electron chi connectivity index (χ4n) is 2.60. The van der Waals surface area contributed by atoms with Crippen LogP contribution in [0.15, 0.2) is 18.2 Å². The van der Waals surface area contributed by atoms with Crippen molar-refractivity contribution in [3.05, 3.63) is 29.3 Å². The highest BCUT2D eigenvalue weighted by atomic mass is 19.4. The number of likely N-dealkylation sites (N-methyl/N-ethyl adjacent to an activating group) is 1. The average molecular weight is 272 g/mol. The van der Waals surface area contributed by atoms with E-state index in [-0.39, 0.29) is 6.04 Å². The van der Waals surface area contributed by atoms with Gasteiger partial charge < -0.3 is 10.2 Å². The summed E-state index contributed by atoms with van der Waals surface area (Å²) >= 11 is 0. The molecule has 19 heavy (non-hydrogen) atoms. The maximum Gasteiger partial charge on any atom is 0.416 e. The number of hydrogen-bond acceptors (Lipinski definition) is 2. The summed E-state index contributed by atoms with van der Waals surface area (Å²) in [6, 6.07) is 4.67. The van der Waals surface area contributed by atoms with E-state index in [1.54, 1.807) is 6.07 Å². The molecular weight excluding hydrogens is 253 g/mol. The molecule has 0 spiro atoms. The Morgan fingerprint density at radius 2 is 2.11 bits per heavy atom. The first-order chi connectivity index (χ1) is 8.82. The van der Waals surface area contributed by atoms with Gasteiger partial charge in [-0.2, -0.15) is 13.2 Å². The number of alkyl halides is 3. The molecular formula is C14H19F3N2. The SMILES string of the molecule is CNC(C)CC1Cc2ccc(C(F)(F)F)cc2N1C. The zero-order valence-electron chi connectivity index (χ0n) is 11.4. The fourth-order valence-corrected chi connectivity index (χ4v) is 2.60. The molecule has 0 fully saturated rings. The van der Waals surface area contributed by atoms with E-state index in [0.717, 1.165) is 18.4 Å². The van der Waals surface area contributed by atoms with Crippen LogP contribution >= 0.6 is 0 Å². The highest BCUT2D eigenvalue weighted by Crippen LogP contribution is 2.38. The van der Waals surface area contributed by atoms with Crippen LogP contribution in [0.5, 0.6) is 0 Å². The van der Waals surface area contributed by atoms with E-state index in [2.05, 4.69) is 12.2 Å². The second-order valence-corrected chi connectivity index (χ2v) is 5.24. The summed E-state index contributed by atoms with van der Waals surface area (Å²) in [7, 11) is 3.77. The smallest absolute Gasteiger partial charge is 0.371 e.